The molecule has 0 bridgehead atoms. The number of fused-ring (bicyclic) bond motifs is 1. The summed E-state index contributed by atoms with van der Waals surface area (Å²) in [4.78, 5) is 11.6. The number of rotatable bonds is 4. The monoisotopic (exact) mass is 265 g/mol. The Hall–Kier alpha value is -2.09. The molecule has 0 fully saturated rings. The van der Waals surface area contributed by atoms with E-state index >= 15 is 0 Å². The van der Waals surface area contributed by atoms with Gasteiger partial charge in [0.25, 0.3) is 0 Å². The van der Waals surface area contributed by atoms with Crippen molar-refractivity contribution in [2.75, 3.05) is 5.32 Å². The molecule has 0 aliphatic carbocycles. The highest BCUT2D eigenvalue weighted by atomic mass is 16.1. The first-order chi connectivity index (χ1) is 9.85. The number of aldehydes is 1. The molecule has 0 radical (unpaired) electrons. The number of anilines is 1. The van der Waals surface area contributed by atoms with E-state index in [-0.39, 0.29) is 12.0 Å². The summed E-state index contributed by atoms with van der Waals surface area (Å²) in [7, 11) is 0. The standard InChI is InChI=1S/C18H19NO/c1-2-14(13-8-4-3-5-9-13)18-16(12-20)15-10-6-7-11-17(15)19-18/h3-12,14,16,18-19H,2H2,1H3. The number of para-hydroxylation sites is 1. The van der Waals surface area contributed by atoms with E-state index in [2.05, 4.69) is 48.6 Å². The Balaban J connectivity index is 1.96. The van der Waals surface area contributed by atoms with Crippen LogP contribution in [0.1, 0.15) is 36.3 Å². The van der Waals surface area contributed by atoms with Gasteiger partial charge in [0.2, 0.25) is 0 Å². The maximum atomic E-state index is 11.6. The van der Waals surface area contributed by atoms with Crippen LogP contribution in [0.2, 0.25) is 0 Å². The van der Waals surface area contributed by atoms with Crippen LogP contribution in [-0.2, 0) is 4.79 Å². The molecule has 1 heterocycles. The Kier molecular flexibility index (Phi) is 3.55. The van der Waals surface area contributed by atoms with E-state index in [1.807, 2.05) is 18.2 Å². The van der Waals surface area contributed by atoms with E-state index in [4.69, 9.17) is 0 Å². The molecule has 20 heavy (non-hydrogen) atoms. The van der Waals surface area contributed by atoms with Crippen LogP contribution >= 0.6 is 0 Å². The number of carbonyl (C=O) groups excluding carboxylic acids is 1. The van der Waals surface area contributed by atoms with Gasteiger partial charge < -0.3 is 10.1 Å². The SMILES string of the molecule is CCC(c1ccccc1)C1Nc2ccccc2C1C=O. The fourth-order valence-corrected chi connectivity index (χ4v) is 3.29. The molecule has 3 rings (SSSR count). The third-order valence-corrected chi connectivity index (χ3v) is 4.28. The molecule has 3 unspecified atom stereocenters. The van der Waals surface area contributed by atoms with Gasteiger partial charge in [-0.1, -0.05) is 55.5 Å². The summed E-state index contributed by atoms with van der Waals surface area (Å²) in [5, 5.41) is 3.55. The lowest BCUT2D eigenvalue weighted by molar-refractivity contribution is -0.109. The summed E-state index contributed by atoms with van der Waals surface area (Å²) in [5.41, 5.74) is 3.53. The fourth-order valence-electron chi connectivity index (χ4n) is 3.29. The molecule has 0 saturated carbocycles. The minimum atomic E-state index is -0.0589. The van der Waals surface area contributed by atoms with Gasteiger partial charge >= 0.3 is 0 Å². The molecule has 0 amide bonds. The molecule has 2 nitrogen and oxygen atoms in total. The van der Waals surface area contributed by atoms with Gasteiger partial charge in [0.15, 0.2) is 0 Å². The van der Waals surface area contributed by atoms with Crippen LogP contribution in [0.15, 0.2) is 54.6 Å². The van der Waals surface area contributed by atoms with Crippen LogP contribution in [0.25, 0.3) is 0 Å². The first-order valence-electron chi connectivity index (χ1n) is 7.21. The average molecular weight is 265 g/mol. The molecular weight excluding hydrogens is 246 g/mol. The highest BCUT2D eigenvalue weighted by Gasteiger charge is 2.36. The summed E-state index contributed by atoms with van der Waals surface area (Å²) in [5.74, 6) is 0.287. The van der Waals surface area contributed by atoms with Crippen molar-refractivity contribution in [1.29, 1.82) is 0 Å². The number of carbonyl (C=O) groups is 1. The molecule has 1 aliphatic heterocycles. The van der Waals surface area contributed by atoms with E-state index in [1.165, 1.54) is 5.56 Å². The number of benzene rings is 2. The molecule has 0 spiro atoms. The van der Waals surface area contributed by atoms with Crippen molar-refractivity contribution in [2.45, 2.75) is 31.2 Å². The molecule has 2 aromatic carbocycles. The highest BCUT2D eigenvalue weighted by molar-refractivity contribution is 5.75. The van der Waals surface area contributed by atoms with Gasteiger partial charge in [0, 0.05) is 17.6 Å². The van der Waals surface area contributed by atoms with Crippen LogP contribution in [0.5, 0.6) is 0 Å². The van der Waals surface area contributed by atoms with Crippen LogP contribution in [-0.4, -0.2) is 12.3 Å². The predicted octanol–water partition coefficient (Wildman–Crippen LogP) is 3.96. The van der Waals surface area contributed by atoms with Crippen LogP contribution < -0.4 is 5.32 Å². The zero-order chi connectivity index (χ0) is 13.9. The van der Waals surface area contributed by atoms with Crippen LogP contribution in [0.3, 0.4) is 0 Å². The van der Waals surface area contributed by atoms with Crippen molar-refractivity contribution < 1.29 is 4.79 Å². The number of hydrogen-bond donors (Lipinski definition) is 1. The van der Waals surface area contributed by atoms with Crippen molar-refractivity contribution in [3.63, 3.8) is 0 Å². The lowest BCUT2D eigenvalue weighted by atomic mass is 9.82. The Labute approximate surface area is 119 Å². The maximum absolute atomic E-state index is 11.6. The van der Waals surface area contributed by atoms with Crippen LogP contribution in [0.4, 0.5) is 5.69 Å². The minimum Gasteiger partial charge on any atom is -0.380 e. The zero-order valence-corrected chi connectivity index (χ0v) is 11.6. The van der Waals surface area contributed by atoms with Gasteiger partial charge in [0.1, 0.15) is 6.29 Å². The molecular formula is C18H19NO. The summed E-state index contributed by atoms with van der Waals surface area (Å²) in [6.07, 6.45) is 2.11. The average Bonchev–Trinajstić information content (AvgIpc) is 2.87. The molecule has 3 atom stereocenters. The third kappa shape index (κ3) is 2.11. The first-order valence-corrected chi connectivity index (χ1v) is 7.21. The van der Waals surface area contributed by atoms with Gasteiger partial charge in [-0.2, -0.15) is 0 Å². The maximum Gasteiger partial charge on any atom is 0.129 e. The fraction of sp³-hybridized carbons (Fsp3) is 0.278. The van der Waals surface area contributed by atoms with Crippen molar-refractivity contribution in [3.8, 4) is 0 Å². The van der Waals surface area contributed by atoms with Crippen molar-refractivity contribution in [1.82, 2.24) is 0 Å². The zero-order valence-electron chi connectivity index (χ0n) is 11.6. The molecule has 102 valence electrons. The van der Waals surface area contributed by atoms with Gasteiger partial charge in [-0.25, -0.2) is 0 Å². The molecule has 0 saturated heterocycles. The van der Waals surface area contributed by atoms with E-state index < -0.39 is 0 Å². The molecule has 1 N–H and O–H groups in total. The predicted molar refractivity (Wildman–Crippen MR) is 82.1 cm³/mol. The summed E-state index contributed by atoms with van der Waals surface area (Å²) >= 11 is 0. The molecule has 0 aromatic heterocycles. The summed E-state index contributed by atoms with van der Waals surface area (Å²) in [6, 6.07) is 18.8. The van der Waals surface area contributed by atoms with Crippen LogP contribution in [0, 0.1) is 0 Å². The van der Waals surface area contributed by atoms with Crippen molar-refractivity contribution >= 4 is 12.0 Å². The van der Waals surface area contributed by atoms with Gasteiger partial charge in [-0.05, 0) is 23.6 Å². The smallest absolute Gasteiger partial charge is 0.129 e. The normalized spacial score (nSPS) is 21.9. The number of hydrogen-bond acceptors (Lipinski definition) is 2. The molecule has 2 aromatic rings. The first kappa shape index (κ1) is 12.9. The van der Waals surface area contributed by atoms with E-state index in [0.29, 0.717) is 5.92 Å². The second kappa shape index (κ2) is 5.49. The molecule has 2 heteroatoms. The Morgan fingerprint density at radius 1 is 1.10 bits per heavy atom. The van der Waals surface area contributed by atoms with Crippen molar-refractivity contribution in [2.24, 2.45) is 0 Å². The topological polar surface area (TPSA) is 29.1 Å². The Morgan fingerprint density at radius 3 is 2.50 bits per heavy atom. The largest absolute Gasteiger partial charge is 0.380 e. The molecule has 1 aliphatic rings. The number of nitrogens with one attached hydrogen (secondary N) is 1. The highest BCUT2D eigenvalue weighted by Crippen LogP contribution is 2.41. The second-order valence-corrected chi connectivity index (χ2v) is 5.34. The van der Waals surface area contributed by atoms with Gasteiger partial charge in [-0.15, -0.1) is 0 Å². The van der Waals surface area contributed by atoms with E-state index in [1.54, 1.807) is 0 Å². The summed E-state index contributed by atoms with van der Waals surface area (Å²) in [6.45, 7) is 2.18. The lowest BCUT2D eigenvalue weighted by Crippen LogP contribution is -2.29. The minimum absolute atomic E-state index is 0.0589. The van der Waals surface area contributed by atoms with Crippen molar-refractivity contribution in [3.05, 3.63) is 65.7 Å². The van der Waals surface area contributed by atoms with E-state index in [0.717, 1.165) is 24.0 Å². The van der Waals surface area contributed by atoms with E-state index in [9.17, 15) is 4.79 Å². The quantitative estimate of drug-likeness (QED) is 0.848. The Bertz CT molecular complexity index is 593. The Morgan fingerprint density at radius 2 is 1.80 bits per heavy atom. The van der Waals surface area contributed by atoms with Gasteiger partial charge in [0.05, 0.1) is 5.92 Å². The second-order valence-electron chi connectivity index (χ2n) is 5.34. The summed E-state index contributed by atoms with van der Waals surface area (Å²) < 4.78 is 0. The third-order valence-electron chi connectivity index (χ3n) is 4.28. The lowest BCUT2D eigenvalue weighted by Gasteiger charge is -2.26. The van der Waals surface area contributed by atoms with Gasteiger partial charge in [-0.3, -0.25) is 0 Å².